The predicted molar refractivity (Wildman–Crippen MR) is 83.2 cm³/mol. The van der Waals surface area contributed by atoms with E-state index in [1.54, 1.807) is 30.3 Å². The van der Waals surface area contributed by atoms with Gasteiger partial charge in [-0.1, -0.05) is 18.2 Å². The van der Waals surface area contributed by atoms with Crippen molar-refractivity contribution in [3.63, 3.8) is 0 Å². The summed E-state index contributed by atoms with van der Waals surface area (Å²) >= 11 is 0. The summed E-state index contributed by atoms with van der Waals surface area (Å²) < 4.78 is 60.2. The van der Waals surface area contributed by atoms with Crippen LogP contribution in [0.2, 0.25) is 0 Å². The molecule has 0 atom stereocenters. The zero-order valence-corrected chi connectivity index (χ0v) is 14.0. The number of para-hydroxylation sites is 1. The molecule has 0 radical (unpaired) electrons. The van der Waals surface area contributed by atoms with Gasteiger partial charge in [0.25, 0.3) is 5.78 Å². The molecule has 1 rings (SSSR count). The molecule has 0 unspecified atom stereocenters. The van der Waals surface area contributed by atoms with Crippen molar-refractivity contribution in [1.29, 1.82) is 0 Å². The van der Waals surface area contributed by atoms with Crippen LogP contribution in [-0.2, 0) is 18.4 Å². The number of carbonyl (C=O) groups excluding carboxylic acids is 1. The van der Waals surface area contributed by atoms with Crippen molar-refractivity contribution in [2.75, 3.05) is 18.6 Å². The van der Waals surface area contributed by atoms with Crippen LogP contribution in [0.1, 0.15) is 13.8 Å². The summed E-state index contributed by atoms with van der Waals surface area (Å²) in [7, 11) is -4.12. The third kappa shape index (κ3) is 5.99. The molecule has 0 aliphatic heterocycles. The second kappa shape index (κ2) is 8.86. The Morgan fingerprint density at radius 1 is 1.17 bits per heavy atom. The van der Waals surface area contributed by atoms with E-state index < -0.39 is 25.0 Å². The van der Waals surface area contributed by atoms with Crippen molar-refractivity contribution in [1.82, 2.24) is 5.43 Å². The van der Waals surface area contributed by atoms with Crippen molar-refractivity contribution in [3.05, 3.63) is 41.8 Å². The maximum absolute atomic E-state index is 12.7. The maximum atomic E-state index is 12.7. The average molecular weight is 366 g/mol. The lowest BCUT2D eigenvalue weighted by molar-refractivity contribution is -0.165. The molecule has 6 nitrogen and oxygen atoms in total. The topological polar surface area (TPSA) is 76.7 Å². The smallest absolute Gasteiger partial charge is 0.304 e. The van der Waals surface area contributed by atoms with Gasteiger partial charge in [0, 0.05) is 6.08 Å². The first-order valence-electron chi connectivity index (χ1n) is 7.02. The van der Waals surface area contributed by atoms with Crippen LogP contribution < -0.4 is 10.9 Å². The summed E-state index contributed by atoms with van der Waals surface area (Å²) in [5.41, 5.74) is 4.73. The molecule has 0 spiro atoms. The quantitative estimate of drug-likeness (QED) is 0.393. The van der Waals surface area contributed by atoms with Gasteiger partial charge >= 0.3 is 13.8 Å². The highest BCUT2D eigenvalue weighted by Crippen LogP contribution is 2.54. The third-order valence-electron chi connectivity index (χ3n) is 2.55. The molecule has 0 aliphatic rings. The number of anilines is 1. The van der Waals surface area contributed by atoms with Crippen LogP contribution in [0.3, 0.4) is 0 Å². The van der Waals surface area contributed by atoms with Crippen molar-refractivity contribution < 1.29 is 31.6 Å². The van der Waals surface area contributed by atoms with E-state index in [2.05, 4.69) is 10.9 Å². The molecule has 24 heavy (non-hydrogen) atoms. The zero-order valence-electron chi connectivity index (χ0n) is 13.1. The van der Waals surface area contributed by atoms with E-state index in [1.807, 2.05) is 0 Å². The minimum absolute atomic E-state index is 0.0815. The molecule has 0 aromatic heterocycles. The molecule has 0 amide bonds. The summed E-state index contributed by atoms with van der Waals surface area (Å²) in [6.45, 7) is 2.84. The van der Waals surface area contributed by atoms with Gasteiger partial charge in [0.15, 0.2) is 0 Å². The van der Waals surface area contributed by atoms with Crippen molar-refractivity contribution in [3.8, 4) is 0 Å². The van der Waals surface area contributed by atoms with E-state index >= 15 is 0 Å². The molecule has 0 bridgehead atoms. The fourth-order valence-electron chi connectivity index (χ4n) is 1.56. The lowest BCUT2D eigenvalue weighted by Gasteiger charge is -2.22. The molecule has 0 saturated carbocycles. The number of hydrogen-bond donors (Lipinski definition) is 2. The summed E-state index contributed by atoms with van der Waals surface area (Å²) in [6.07, 6.45) is -4.94. The number of ketones is 1. The largest absolute Gasteiger partial charge is 0.454 e. The van der Waals surface area contributed by atoms with E-state index in [-0.39, 0.29) is 19.3 Å². The summed E-state index contributed by atoms with van der Waals surface area (Å²) in [6, 6.07) is 8.32. The number of hydrogen-bond acceptors (Lipinski definition) is 6. The lowest BCUT2D eigenvalue weighted by Crippen LogP contribution is -2.27. The number of halogens is 3. The highest BCUT2D eigenvalue weighted by atomic mass is 31.2. The van der Waals surface area contributed by atoms with E-state index in [4.69, 9.17) is 9.05 Å². The van der Waals surface area contributed by atoms with Gasteiger partial charge in [-0.25, -0.2) is 0 Å². The Balaban J connectivity index is 3.12. The average Bonchev–Trinajstić information content (AvgIpc) is 2.51. The van der Waals surface area contributed by atoms with Gasteiger partial charge in [-0.15, -0.1) is 0 Å². The Hall–Kier alpha value is -1.83. The first-order chi connectivity index (χ1) is 11.2. The molecule has 2 N–H and O–H groups in total. The number of carbonyl (C=O) groups is 1. The maximum Gasteiger partial charge on any atom is 0.454 e. The summed E-state index contributed by atoms with van der Waals surface area (Å²) in [5, 5.41) is 0. The number of nitrogens with one attached hydrogen (secondary N) is 2. The fourth-order valence-corrected chi connectivity index (χ4v) is 3.06. The van der Waals surface area contributed by atoms with Crippen molar-refractivity contribution >= 4 is 19.1 Å². The van der Waals surface area contributed by atoms with Crippen LogP contribution in [0.15, 0.2) is 41.8 Å². The Kier molecular flexibility index (Phi) is 7.47. The van der Waals surface area contributed by atoms with Gasteiger partial charge in [0.2, 0.25) is 0 Å². The molecule has 134 valence electrons. The van der Waals surface area contributed by atoms with Gasteiger partial charge in [-0.05, 0) is 26.0 Å². The van der Waals surface area contributed by atoms with Crippen LogP contribution >= 0.6 is 7.60 Å². The van der Waals surface area contributed by atoms with Gasteiger partial charge in [0.05, 0.1) is 18.9 Å². The Labute approximate surface area is 137 Å². The second-order valence-corrected chi connectivity index (χ2v) is 6.33. The second-order valence-electron chi connectivity index (χ2n) is 4.34. The fraction of sp³-hybridized carbons (Fsp3) is 0.357. The molecule has 0 aliphatic carbocycles. The standard InChI is InChI=1S/C14H18F3N2O4P/c1-3-22-24(21,23-4-2)13(10-12(20)14(15,16)17)19-18-11-8-6-5-7-9-11/h5-10,18-19H,3-4H2,1-2H3/b13-10+. The van der Waals surface area contributed by atoms with E-state index in [0.717, 1.165) is 0 Å². The molecule has 1 aromatic rings. The molecular formula is C14H18F3N2O4P. The van der Waals surface area contributed by atoms with Gasteiger partial charge < -0.3 is 14.5 Å². The Bertz CT molecular complexity index is 610. The van der Waals surface area contributed by atoms with Crippen LogP contribution in [0, 0.1) is 0 Å². The van der Waals surface area contributed by atoms with Gasteiger partial charge in [0.1, 0.15) is 5.44 Å². The van der Waals surface area contributed by atoms with Crippen molar-refractivity contribution in [2.45, 2.75) is 20.0 Å². The van der Waals surface area contributed by atoms with Crippen LogP contribution in [-0.4, -0.2) is 25.2 Å². The number of allylic oxidation sites excluding steroid dienone is 1. The first-order valence-corrected chi connectivity index (χ1v) is 8.56. The lowest BCUT2D eigenvalue weighted by atomic mass is 10.3. The van der Waals surface area contributed by atoms with E-state index in [1.165, 1.54) is 13.8 Å². The van der Waals surface area contributed by atoms with Gasteiger partial charge in [-0.2, -0.15) is 13.2 Å². The SMILES string of the molecule is CCOP(=O)(OCC)/C(=C/C(=O)C(F)(F)F)NNc1ccccc1. The van der Waals surface area contributed by atoms with E-state index in [9.17, 15) is 22.5 Å². The minimum Gasteiger partial charge on any atom is -0.304 e. The Morgan fingerprint density at radius 2 is 1.71 bits per heavy atom. The molecule has 0 heterocycles. The molecule has 0 saturated heterocycles. The molecule has 10 heteroatoms. The van der Waals surface area contributed by atoms with Gasteiger partial charge in [-0.3, -0.25) is 14.8 Å². The highest BCUT2D eigenvalue weighted by molar-refractivity contribution is 7.58. The summed E-state index contributed by atoms with van der Waals surface area (Å²) in [4.78, 5) is 11.2. The van der Waals surface area contributed by atoms with Crippen molar-refractivity contribution in [2.24, 2.45) is 0 Å². The number of rotatable bonds is 9. The number of hydrazine groups is 1. The monoisotopic (exact) mass is 366 g/mol. The number of benzene rings is 1. The molecular weight excluding hydrogens is 348 g/mol. The Morgan fingerprint density at radius 3 is 2.17 bits per heavy atom. The summed E-state index contributed by atoms with van der Waals surface area (Å²) in [5.74, 6) is -2.18. The minimum atomic E-state index is -5.11. The highest BCUT2D eigenvalue weighted by Gasteiger charge is 2.40. The first kappa shape index (κ1) is 20.2. The third-order valence-corrected chi connectivity index (χ3v) is 4.58. The molecule has 0 fully saturated rings. The van der Waals surface area contributed by atoms with Crippen LogP contribution in [0.25, 0.3) is 0 Å². The van der Waals surface area contributed by atoms with Crippen LogP contribution in [0.5, 0.6) is 0 Å². The normalized spacial score (nSPS) is 12.8. The van der Waals surface area contributed by atoms with E-state index in [0.29, 0.717) is 5.69 Å². The molecule has 1 aromatic carbocycles. The predicted octanol–water partition coefficient (Wildman–Crippen LogP) is 3.84. The number of alkyl halides is 3. The van der Waals surface area contributed by atoms with Crippen LogP contribution in [0.4, 0.5) is 18.9 Å². The zero-order chi connectivity index (χ0) is 18.2.